The van der Waals surface area contributed by atoms with Crippen LogP contribution in [0.25, 0.3) is 43.1 Å². The van der Waals surface area contributed by atoms with Crippen LogP contribution >= 0.6 is 0 Å². The zero-order chi connectivity index (χ0) is 24.2. The lowest BCUT2D eigenvalue weighted by Crippen LogP contribution is -1.84. The summed E-state index contributed by atoms with van der Waals surface area (Å²) in [5.41, 5.74) is 5.40. The molecule has 6 aromatic carbocycles. The summed E-state index contributed by atoms with van der Waals surface area (Å²) in [6.07, 6.45) is 0. The molecule has 0 N–H and O–H groups in total. The van der Waals surface area contributed by atoms with E-state index in [2.05, 4.69) is 125 Å². The lowest BCUT2D eigenvalue weighted by atomic mass is 9.96. The Morgan fingerprint density at radius 1 is 0.353 bits per heavy atom. The number of hydrogen-bond donors (Lipinski definition) is 0. The molecule has 0 saturated heterocycles. The third-order valence-electron chi connectivity index (χ3n) is 6.55. The Kier molecular flexibility index (Phi) is 6.98. The predicted octanol–water partition coefficient (Wildman–Crippen LogP) is 10.2. The molecule has 0 saturated carbocycles. The van der Waals surface area contributed by atoms with Gasteiger partial charge in [-0.15, -0.1) is 0 Å². The first kappa shape index (κ1) is 23.5. The van der Waals surface area contributed by atoms with E-state index in [1.165, 1.54) is 65.3 Å². The zero-order valence-electron chi connectivity index (χ0n) is 21.2. The highest BCUT2D eigenvalue weighted by Gasteiger charge is 2.05. The molecule has 0 nitrogen and oxygen atoms in total. The molecule has 34 heavy (non-hydrogen) atoms. The second-order valence-corrected chi connectivity index (χ2v) is 8.87. The summed E-state index contributed by atoms with van der Waals surface area (Å²) in [6, 6.07) is 35.0. The smallest absolute Gasteiger partial charge is 0.0103 e. The molecule has 0 spiro atoms. The van der Waals surface area contributed by atoms with E-state index >= 15 is 0 Å². The van der Waals surface area contributed by atoms with Gasteiger partial charge >= 0.3 is 0 Å². The molecular weight excluding hydrogens is 408 g/mol. The van der Waals surface area contributed by atoms with Crippen LogP contribution in [0.1, 0.15) is 36.1 Å². The van der Waals surface area contributed by atoms with Crippen LogP contribution in [0.15, 0.2) is 97.1 Å². The third kappa shape index (κ3) is 4.41. The Morgan fingerprint density at radius 3 is 1.65 bits per heavy atom. The van der Waals surface area contributed by atoms with Gasteiger partial charge in [-0.05, 0) is 87.5 Å². The maximum Gasteiger partial charge on any atom is -0.0103 e. The van der Waals surface area contributed by atoms with E-state index in [1.54, 1.807) is 0 Å². The zero-order valence-corrected chi connectivity index (χ0v) is 21.2. The summed E-state index contributed by atoms with van der Waals surface area (Å²) in [4.78, 5) is 0. The number of benzene rings is 6. The van der Waals surface area contributed by atoms with Crippen LogP contribution in [0.5, 0.6) is 0 Å². The topological polar surface area (TPSA) is 0 Å². The highest BCUT2D eigenvalue weighted by Crippen LogP contribution is 2.30. The Morgan fingerprint density at radius 2 is 0.882 bits per heavy atom. The van der Waals surface area contributed by atoms with E-state index in [1.807, 2.05) is 13.8 Å². The van der Waals surface area contributed by atoms with Gasteiger partial charge in [-0.1, -0.05) is 116 Å². The van der Waals surface area contributed by atoms with Gasteiger partial charge < -0.3 is 0 Å². The average Bonchev–Trinajstić information content (AvgIpc) is 2.87. The molecule has 0 aliphatic rings. The Hall–Kier alpha value is -3.64. The van der Waals surface area contributed by atoms with Crippen LogP contribution in [-0.4, -0.2) is 0 Å². The van der Waals surface area contributed by atoms with Crippen molar-refractivity contribution in [1.29, 1.82) is 0 Å². The standard InChI is InChI=1S/2C16H14.C2H6/c1-11-6-5-9-15-14-8-4-3-7-13(14)12(2)10-16(11)15;1-11-7-8-15-14-6-4-3-5-13(14)10-12(2)16(15)9-11;1-2/h2*3-10H,1-2H3;1-2H3. The van der Waals surface area contributed by atoms with Gasteiger partial charge in [-0.25, -0.2) is 0 Å². The number of hydrogen-bond acceptors (Lipinski definition) is 0. The molecule has 0 aromatic heterocycles. The summed E-state index contributed by atoms with van der Waals surface area (Å²) < 4.78 is 0. The van der Waals surface area contributed by atoms with Crippen LogP contribution in [0.3, 0.4) is 0 Å². The van der Waals surface area contributed by atoms with Crippen molar-refractivity contribution in [1.82, 2.24) is 0 Å². The summed E-state index contributed by atoms with van der Waals surface area (Å²) in [7, 11) is 0. The molecule has 0 atom stereocenters. The van der Waals surface area contributed by atoms with E-state index in [4.69, 9.17) is 0 Å². The van der Waals surface area contributed by atoms with Crippen LogP contribution < -0.4 is 0 Å². The first-order valence-corrected chi connectivity index (χ1v) is 12.3. The largest absolute Gasteiger partial charge is 0.0683 e. The van der Waals surface area contributed by atoms with Gasteiger partial charge in [0.15, 0.2) is 0 Å². The Labute approximate surface area is 203 Å². The van der Waals surface area contributed by atoms with Gasteiger partial charge in [-0.3, -0.25) is 0 Å². The lowest BCUT2D eigenvalue weighted by molar-refractivity contribution is 1.48. The molecule has 170 valence electrons. The second-order valence-electron chi connectivity index (χ2n) is 8.87. The van der Waals surface area contributed by atoms with Crippen molar-refractivity contribution in [2.45, 2.75) is 41.5 Å². The maximum atomic E-state index is 2.30. The molecule has 0 amide bonds. The molecule has 0 radical (unpaired) electrons. The molecule has 0 bridgehead atoms. The van der Waals surface area contributed by atoms with Crippen molar-refractivity contribution in [3.05, 3.63) is 119 Å². The van der Waals surface area contributed by atoms with Crippen molar-refractivity contribution < 1.29 is 0 Å². The van der Waals surface area contributed by atoms with Gasteiger partial charge in [0.25, 0.3) is 0 Å². The van der Waals surface area contributed by atoms with Crippen molar-refractivity contribution in [2.24, 2.45) is 0 Å². The maximum absolute atomic E-state index is 2.30. The lowest BCUT2D eigenvalue weighted by Gasteiger charge is -2.09. The first-order valence-electron chi connectivity index (χ1n) is 12.3. The Bertz CT molecular complexity index is 1600. The van der Waals surface area contributed by atoms with Crippen LogP contribution in [0.2, 0.25) is 0 Å². The van der Waals surface area contributed by atoms with Crippen molar-refractivity contribution in [3.8, 4) is 0 Å². The summed E-state index contributed by atoms with van der Waals surface area (Å²) in [6.45, 7) is 12.7. The molecule has 0 unspecified atom stereocenters. The fourth-order valence-corrected chi connectivity index (χ4v) is 4.86. The van der Waals surface area contributed by atoms with Crippen LogP contribution in [0, 0.1) is 27.7 Å². The van der Waals surface area contributed by atoms with Gasteiger partial charge in [0.1, 0.15) is 0 Å². The van der Waals surface area contributed by atoms with Gasteiger partial charge in [0.05, 0.1) is 0 Å². The minimum Gasteiger partial charge on any atom is -0.0683 e. The highest BCUT2D eigenvalue weighted by atomic mass is 14.1. The van der Waals surface area contributed by atoms with E-state index in [0.717, 1.165) is 0 Å². The molecule has 6 rings (SSSR count). The summed E-state index contributed by atoms with van der Waals surface area (Å²) in [5.74, 6) is 0. The third-order valence-corrected chi connectivity index (χ3v) is 6.55. The first-order chi connectivity index (χ1) is 16.5. The van der Waals surface area contributed by atoms with E-state index in [0.29, 0.717) is 0 Å². The van der Waals surface area contributed by atoms with E-state index in [-0.39, 0.29) is 0 Å². The molecule has 0 aliphatic carbocycles. The van der Waals surface area contributed by atoms with Gasteiger partial charge in [-0.2, -0.15) is 0 Å². The monoisotopic (exact) mass is 442 g/mol. The molecule has 0 aliphatic heterocycles. The molecular formula is C34H34. The minimum atomic E-state index is 1.32. The molecule has 0 heteroatoms. The van der Waals surface area contributed by atoms with Crippen molar-refractivity contribution in [2.75, 3.05) is 0 Å². The average molecular weight is 443 g/mol. The van der Waals surface area contributed by atoms with Crippen molar-refractivity contribution >= 4 is 43.1 Å². The number of fused-ring (bicyclic) bond motifs is 6. The Balaban J connectivity index is 0.000000150. The number of aryl methyl sites for hydroxylation is 4. The summed E-state index contributed by atoms with van der Waals surface area (Å²) >= 11 is 0. The second kappa shape index (κ2) is 10.1. The fourth-order valence-electron chi connectivity index (χ4n) is 4.86. The van der Waals surface area contributed by atoms with Crippen LogP contribution in [0.4, 0.5) is 0 Å². The normalized spacial score (nSPS) is 10.6. The van der Waals surface area contributed by atoms with Crippen LogP contribution in [-0.2, 0) is 0 Å². The highest BCUT2D eigenvalue weighted by molar-refractivity contribution is 6.10. The minimum absolute atomic E-state index is 1.32. The SMILES string of the molecule is CC.Cc1cc2c(C)cccc2c2ccccc12.Cc1ccc2c(c1)c(C)cc1ccccc12. The molecule has 0 heterocycles. The van der Waals surface area contributed by atoms with Gasteiger partial charge in [0.2, 0.25) is 0 Å². The van der Waals surface area contributed by atoms with Crippen molar-refractivity contribution in [3.63, 3.8) is 0 Å². The number of rotatable bonds is 0. The fraction of sp³-hybridized carbons (Fsp3) is 0.176. The quantitative estimate of drug-likeness (QED) is 0.205. The molecule has 6 aromatic rings. The summed E-state index contributed by atoms with van der Waals surface area (Å²) in [5, 5.41) is 10.9. The van der Waals surface area contributed by atoms with E-state index < -0.39 is 0 Å². The predicted molar refractivity (Wildman–Crippen MR) is 153 cm³/mol. The van der Waals surface area contributed by atoms with E-state index in [9.17, 15) is 0 Å². The molecule has 0 fully saturated rings. The van der Waals surface area contributed by atoms with Gasteiger partial charge in [0, 0.05) is 0 Å².